The van der Waals surface area contributed by atoms with Crippen LogP contribution in [0.1, 0.15) is 45.1 Å². The molecule has 1 aliphatic rings. The largest absolute Gasteiger partial charge is 0.371 e. The lowest BCUT2D eigenvalue weighted by Crippen LogP contribution is -2.54. The van der Waals surface area contributed by atoms with Crippen molar-refractivity contribution in [1.29, 1.82) is 5.26 Å². The van der Waals surface area contributed by atoms with Gasteiger partial charge in [0.1, 0.15) is 5.54 Å². The molecule has 0 spiro atoms. The van der Waals surface area contributed by atoms with Crippen LogP contribution in [-0.4, -0.2) is 30.4 Å². The molecule has 1 aliphatic heterocycles. The van der Waals surface area contributed by atoms with E-state index < -0.39 is 16.9 Å². The minimum atomic E-state index is -0.838. The van der Waals surface area contributed by atoms with E-state index in [4.69, 9.17) is 5.73 Å². The first-order valence-corrected chi connectivity index (χ1v) is 9.01. The van der Waals surface area contributed by atoms with E-state index in [1.54, 1.807) is 13.8 Å². The first-order chi connectivity index (χ1) is 12.2. The Hall–Kier alpha value is -2.55. The molecular weight excluding hydrogens is 328 g/mol. The van der Waals surface area contributed by atoms with Crippen molar-refractivity contribution in [3.8, 4) is 6.07 Å². The van der Waals surface area contributed by atoms with Crippen LogP contribution in [0.25, 0.3) is 0 Å². The van der Waals surface area contributed by atoms with Crippen LogP contribution in [0, 0.1) is 23.7 Å². The minimum Gasteiger partial charge on any atom is -0.371 e. The predicted molar refractivity (Wildman–Crippen MR) is 101 cm³/mol. The molecule has 6 heteroatoms. The Labute approximate surface area is 155 Å². The minimum absolute atomic E-state index is 0.182. The topological polar surface area (TPSA) is 99.2 Å². The van der Waals surface area contributed by atoms with Crippen molar-refractivity contribution in [2.75, 3.05) is 18.0 Å². The van der Waals surface area contributed by atoms with Gasteiger partial charge in [-0.25, -0.2) is 0 Å². The van der Waals surface area contributed by atoms with E-state index in [0.29, 0.717) is 32.4 Å². The summed E-state index contributed by atoms with van der Waals surface area (Å²) in [4.78, 5) is 25.9. The van der Waals surface area contributed by atoms with Gasteiger partial charge in [0.05, 0.1) is 6.07 Å². The van der Waals surface area contributed by atoms with E-state index in [1.165, 1.54) is 5.56 Å². The Morgan fingerprint density at radius 2 is 1.85 bits per heavy atom. The summed E-state index contributed by atoms with van der Waals surface area (Å²) in [5.74, 6) is -0.628. The number of nitriles is 1. The maximum absolute atomic E-state index is 12.3. The Bertz CT molecular complexity index is 696. The zero-order valence-electron chi connectivity index (χ0n) is 15.8. The van der Waals surface area contributed by atoms with Gasteiger partial charge in [-0.15, -0.1) is 0 Å². The molecule has 3 N–H and O–H groups in total. The summed E-state index contributed by atoms with van der Waals surface area (Å²) in [6.45, 7) is 6.93. The van der Waals surface area contributed by atoms with E-state index in [0.717, 1.165) is 5.69 Å². The highest BCUT2D eigenvalue weighted by Gasteiger charge is 2.36. The lowest BCUT2D eigenvalue weighted by Gasteiger charge is -2.39. The monoisotopic (exact) mass is 356 g/mol. The zero-order valence-corrected chi connectivity index (χ0v) is 15.8. The van der Waals surface area contributed by atoms with Gasteiger partial charge >= 0.3 is 0 Å². The lowest BCUT2D eigenvalue weighted by atomic mass is 9.85. The molecule has 1 heterocycles. The summed E-state index contributed by atoms with van der Waals surface area (Å²) >= 11 is 0. The Kier molecular flexibility index (Phi) is 5.91. The number of carbonyl (C=O) groups excluding carboxylic acids is 2. The molecule has 0 radical (unpaired) electrons. The van der Waals surface area contributed by atoms with Gasteiger partial charge in [-0.2, -0.15) is 5.26 Å². The number of nitrogens with one attached hydrogen (secondary N) is 1. The third kappa shape index (κ3) is 4.75. The first kappa shape index (κ1) is 19.8. The SMILES string of the molecule is Cc1ccc(N2CCC(C#N)(NC(=O)CCC(C)(C)C(N)=O)CC2)cc1. The maximum Gasteiger partial charge on any atom is 0.223 e. The van der Waals surface area contributed by atoms with Gasteiger partial charge in [0.15, 0.2) is 0 Å². The summed E-state index contributed by atoms with van der Waals surface area (Å²) in [7, 11) is 0. The van der Waals surface area contributed by atoms with Gasteiger partial charge in [0.2, 0.25) is 11.8 Å². The number of carbonyl (C=O) groups is 2. The summed E-state index contributed by atoms with van der Waals surface area (Å²) in [5, 5.41) is 12.5. The summed E-state index contributed by atoms with van der Waals surface area (Å²) in [6.07, 6.45) is 1.69. The number of rotatable bonds is 6. The maximum atomic E-state index is 12.3. The molecule has 140 valence electrons. The third-order valence-corrected chi connectivity index (χ3v) is 5.25. The van der Waals surface area contributed by atoms with Gasteiger partial charge in [0, 0.05) is 43.5 Å². The van der Waals surface area contributed by atoms with Crippen LogP contribution < -0.4 is 16.0 Å². The number of hydrogen-bond acceptors (Lipinski definition) is 4. The standard InChI is InChI=1S/C20H28N4O2/c1-15-4-6-16(7-5-15)24-12-10-20(14-21,11-13-24)23-17(25)8-9-19(2,3)18(22)26/h4-7H,8-13H2,1-3H3,(H2,22,26)(H,23,25). The van der Waals surface area contributed by atoms with Crippen LogP contribution in [0.4, 0.5) is 5.69 Å². The normalized spacial score (nSPS) is 16.6. The predicted octanol–water partition coefficient (Wildman–Crippen LogP) is 2.27. The Morgan fingerprint density at radius 3 is 2.35 bits per heavy atom. The average Bonchev–Trinajstić information content (AvgIpc) is 2.61. The molecule has 1 aromatic rings. The molecule has 6 nitrogen and oxygen atoms in total. The summed E-state index contributed by atoms with van der Waals surface area (Å²) in [5.41, 5.74) is 6.12. The fourth-order valence-corrected chi connectivity index (χ4v) is 3.05. The first-order valence-electron chi connectivity index (χ1n) is 9.01. The van der Waals surface area contributed by atoms with Crippen LogP contribution in [-0.2, 0) is 9.59 Å². The van der Waals surface area contributed by atoms with Crippen LogP contribution in [0.15, 0.2) is 24.3 Å². The van der Waals surface area contributed by atoms with Crippen molar-refractivity contribution < 1.29 is 9.59 Å². The second-order valence-corrected chi connectivity index (χ2v) is 7.81. The van der Waals surface area contributed by atoms with Crippen LogP contribution >= 0.6 is 0 Å². The Balaban J connectivity index is 1.92. The molecule has 2 amide bonds. The molecule has 0 bridgehead atoms. The van der Waals surface area contributed by atoms with Gasteiger partial charge < -0.3 is 16.0 Å². The fraction of sp³-hybridized carbons (Fsp3) is 0.550. The molecular formula is C20H28N4O2. The van der Waals surface area contributed by atoms with Crippen molar-refractivity contribution >= 4 is 17.5 Å². The third-order valence-electron chi connectivity index (χ3n) is 5.25. The molecule has 26 heavy (non-hydrogen) atoms. The number of nitrogens with zero attached hydrogens (tertiary/aromatic N) is 2. The van der Waals surface area contributed by atoms with Crippen molar-refractivity contribution in [3.05, 3.63) is 29.8 Å². The highest BCUT2D eigenvalue weighted by molar-refractivity contribution is 5.82. The molecule has 0 saturated carbocycles. The zero-order chi connectivity index (χ0) is 19.4. The van der Waals surface area contributed by atoms with E-state index in [1.807, 2.05) is 0 Å². The second kappa shape index (κ2) is 7.77. The van der Waals surface area contributed by atoms with Crippen LogP contribution in [0.5, 0.6) is 0 Å². The van der Waals surface area contributed by atoms with E-state index in [2.05, 4.69) is 47.5 Å². The quantitative estimate of drug-likeness (QED) is 0.816. The molecule has 0 aromatic heterocycles. The molecule has 2 rings (SSSR count). The fourth-order valence-electron chi connectivity index (χ4n) is 3.05. The van der Waals surface area contributed by atoms with Crippen LogP contribution in [0.3, 0.4) is 0 Å². The molecule has 1 fully saturated rings. The average molecular weight is 356 g/mol. The number of amides is 2. The number of primary amides is 1. The van der Waals surface area contributed by atoms with Gasteiger partial charge in [-0.3, -0.25) is 9.59 Å². The van der Waals surface area contributed by atoms with Gasteiger partial charge in [-0.1, -0.05) is 31.5 Å². The number of anilines is 1. The van der Waals surface area contributed by atoms with E-state index in [9.17, 15) is 14.9 Å². The van der Waals surface area contributed by atoms with E-state index >= 15 is 0 Å². The van der Waals surface area contributed by atoms with Crippen molar-refractivity contribution in [2.45, 2.75) is 52.0 Å². The van der Waals surface area contributed by atoms with Crippen molar-refractivity contribution in [2.24, 2.45) is 11.1 Å². The molecule has 0 atom stereocenters. The number of nitrogens with two attached hydrogens (primary N) is 1. The molecule has 1 aromatic carbocycles. The molecule has 0 aliphatic carbocycles. The lowest BCUT2D eigenvalue weighted by molar-refractivity contribution is -0.127. The molecule has 0 unspecified atom stereocenters. The second-order valence-electron chi connectivity index (χ2n) is 7.81. The number of piperidine rings is 1. The highest BCUT2D eigenvalue weighted by Crippen LogP contribution is 2.27. The summed E-state index contributed by atoms with van der Waals surface area (Å²) in [6, 6.07) is 10.6. The van der Waals surface area contributed by atoms with Gasteiger partial charge in [0.25, 0.3) is 0 Å². The summed E-state index contributed by atoms with van der Waals surface area (Å²) < 4.78 is 0. The molecule has 1 saturated heterocycles. The number of aryl methyl sites for hydroxylation is 1. The number of hydrogen-bond donors (Lipinski definition) is 2. The van der Waals surface area contributed by atoms with Gasteiger partial charge in [-0.05, 0) is 25.5 Å². The number of benzene rings is 1. The van der Waals surface area contributed by atoms with Crippen molar-refractivity contribution in [3.63, 3.8) is 0 Å². The Morgan fingerprint density at radius 1 is 1.27 bits per heavy atom. The van der Waals surface area contributed by atoms with Crippen LogP contribution in [0.2, 0.25) is 0 Å². The smallest absolute Gasteiger partial charge is 0.223 e. The van der Waals surface area contributed by atoms with E-state index in [-0.39, 0.29) is 12.3 Å². The van der Waals surface area contributed by atoms with Crippen molar-refractivity contribution in [1.82, 2.24) is 5.32 Å². The highest BCUT2D eigenvalue weighted by atomic mass is 16.2.